The standard InChI is InChI=1S/C18H19N3O3/c1-19-17(23)13-4-2-12(3-5-13)11-21(15-7-8-15)18(24)14-6-9-16(22)20-10-14/h2-6,9-10,15H,7-8,11H2,1H3,(H,19,23)(H,20,22). The number of amides is 2. The van der Waals surface area contributed by atoms with Gasteiger partial charge in [0.15, 0.2) is 0 Å². The third-order valence-corrected chi connectivity index (χ3v) is 4.08. The first-order valence-electron chi connectivity index (χ1n) is 7.89. The van der Waals surface area contributed by atoms with Gasteiger partial charge >= 0.3 is 0 Å². The van der Waals surface area contributed by atoms with Crippen molar-refractivity contribution in [1.29, 1.82) is 0 Å². The summed E-state index contributed by atoms with van der Waals surface area (Å²) in [7, 11) is 1.59. The van der Waals surface area contributed by atoms with Gasteiger partial charge in [0.25, 0.3) is 11.8 Å². The van der Waals surface area contributed by atoms with Crippen molar-refractivity contribution in [3.8, 4) is 0 Å². The highest BCUT2D eigenvalue weighted by Gasteiger charge is 2.33. The molecule has 2 aromatic rings. The molecule has 1 aromatic carbocycles. The smallest absolute Gasteiger partial charge is 0.255 e. The van der Waals surface area contributed by atoms with Crippen LogP contribution in [0.4, 0.5) is 0 Å². The van der Waals surface area contributed by atoms with Crippen LogP contribution in [0, 0.1) is 0 Å². The quantitative estimate of drug-likeness (QED) is 0.875. The lowest BCUT2D eigenvalue weighted by molar-refractivity contribution is 0.0729. The highest BCUT2D eigenvalue weighted by Crippen LogP contribution is 2.29. The molecule has 0 spiro atoms. The molecular weight excluding hydrogens is 306 g/mol. The highest BCUT2D eigenvalue weighted by atomic mass is 16.2. The fourth-order valence-corrected chi connectivity index (χ4v) is 2.56. The van der Waals surface area contributed by atoms with E-state index in [1.165, 1.54) is 12.3 Å². The van der Waals surface area contributed by atoms with Crippen LogP contribution in [-0.4, -0.2) is 34.8 Å². The van der Waals surface area contributed by atoms with Crippen molar-refractivity contribution in [3.63, 3.8) is 0 Å². The Labute approximate surface area is 139 Å². The molecule has 24 heavy (non-hydrogen) atoms. The first-order chi connectivity index (χ1) is 11.6. The van der Waals surface area contributed by atoms with Crippen molar-refractivity contribution in [2.45, 2.75) is 25.4 Å². The Morgan fingerprint density at radius 1 is 1.12 bits per heavy atom. The second-order valence-corrected chi connectivity index (χ2v) is 5.88. The molecular formula is C18H19N3O3. The van der Waals surface area contributed by atoms with Crippen LogP contribution in [-0.2, 0) is 6.54 Å². The van der Waals surface area contributed by atoms with Crippen LogP contribution in [0.5, 0.6) is 0 Å². The van der Waals surface area contributed by atoms with Crippen LogP contribution < -0.4 is 10.9 Å². The van der Waals surface area contributed by atoms with Crippen molar-refractivity contribution in [1.82, 2.24) is 15.2 Å². The highest BCUT2D eigenvalue weighted by molar-refractivity contribution is 5.95. The number of pyridine rings is 1. The molecule has 1 aliphatic carbocycles. The maximum atomic E-state index is 12.7. The number of carbonyl (C=O) groups is 2. The molecule has 0 saturated heterocycles. The zero-order chi connectivity index (χ0) is 17.1. The van der Waals surface area contributed by atoms with Gasteiger partial charge in [0.1, 0.15) is 0 Å². The maximum Gasteiger partial charge on any atom is 0.255 e. The summed E-state index contributed by atoms with van der Waals surface area (Å²) in [5, 5.41) is 2.58. The average Bonchev–Trinajstić information content (AvgIpc) is 3.44. The minimum Gasteiger partial charge on any atom is -0.355 e. The zero-order valence-corrected chi connectivity index (χ0v) is 13.4. The van der Waals surface area contributed by atoms with E-state index in [9.17, 15) is 14.4 Å². The van der Waals surface area contributed by atoms with Gasteiger partial charge in [0.05, 0.1) is 5.56 Å². The van der Waals surface area contributed by atoms with Crippen LogP contribution in [0.1, 0.15) is 39.1 Å². The number of carbonyl (C=O) groups excluding carboxylic acids is 2. The molecule has 0 radical (unpaired) electrons. The summed E-state index contributed by atoms with van der Waals surface area (Å²) in [5.41, 5.74) is 1.80. The van der Waals surface area contributed by atoms with Gasteiger partial charge < -0.3 is 15.2 Å². The lowest BCUT2D eigenvalue weighted by Gasteiger charge is -2.22. The Morgan fingerprint density at radius 3 is 2.33 bits per heavy atom. The van der Waals surface area contributed by atoms with Crippen LogP contribution in [0.2, 0.25) is 0 Å². The van der Waals surface area contributed by atoms with Crippen LogP contribution >= 0.6 is 0 Å². The van der Waals surface area contributed by atoms with Crippen molar-refractivity contribution in [2.24, 2.45) is 0 Å². The summed E-state index contributed by atoms with van der Waals surface area (Å²) in [6.45, 7) is 0.483. The minimum atomic E-state index is -0.227. The van der Waals surface area contributed by atoms with Gasteiger partial charge in [-0.15, -0.1) is 0 Å². The van der Waals surface area contributed by atoms with Gasteiger partial charge in [-0.1, -0.05) is 12.1 Å². The number of benzene rings is 1. The number of hydrogen-bond donors (Lipinski definition) is 2. The molecule has 1 fully saturated rings. The lowest BCUT2D eigenvalue weighted by Crippen LogP contribution is -2.33. The molecule has 2 amide bonds. The zero-order valence-electron chi connectivity index (χ0n) is 13.4. The average molecular weight is 325 g/mol. The molecule has 1 heterocycles. The normalized spacial score (nSPS) is 13.4. The number of rotatable bonds is 5. The second-order valence-electron chi connectivity index (χ2n) is 5.88. The van der Waals surface area contributed by atoms with E-state index < -0.39 is 0 Å². The number of nitrogens with zero attached hydrogens (tertiary/aromatic N) is 1. The predicted molar refractivity (Wildman–Crippen MR) is 89.8 cm³/mol. The van der Waals surface area contributed by atoms with Gasteiger partial charge in [-0.05, 0) is 36.6 Å². The molecule has 0 aliphatic heterocycles. The van der Waals surface area contributed by atoms with Crippen molar-refractivity contribution in [3.05, 3.63) is 69.6 Å². The third kappa shape index (κ3) is 3.53. The molecule has 6 nitrogen and oxygen atoms in total. The summed E-state index contributed by atoms with van der Waals surface area (Å²) in [5.74, 6) is -0.228. The van der Waals surface area contributed by atoms with Crippen LogP contribution in [0.25, 0.3) is 0 Å². The number of nitrogens with one attached hydrogen (secondary N) is 2. The minimum absolute atomic E-state index is 0.0934. The molecule has 3 rings (SSSR count). The van der Waals surface area contributed by atoms with Gasteiger partial charge in [-0.2, -0.15) is 0 Å². The van der Waals surface area contributed by atoms with Crippen LogP contribution in [0.15, 0.2) is 47.4 Å². The summed E-state index contributed by atoms with van der Waals surface area (Å²) in [6, 6.07) is 10.4. The molecule has 2 N–H and O–H groups in total. The molecule has 124 valence electrons. The van der Waals surface area contributed by atoms with E-state index in [0.717, 1.165) is 18.4 Å². The van der Waals surface area contributed by atoms with Gasteiger partial charge in [-0.25, -0.2) is 0 Å². The molecule has 1 aliphatic rings. The van der Waals surface area contributed by atoms with E-state index >= 15 is 0 Å². The Bertz CT molecular complexity index is 787. The summed E-state index contributed by atoms with van der Waals surface area (Å²) in [4.78, 5) is 39.8. The molecule has 0 bridgehead atoms. The molecule has 0 unspecified atom stereocenters. The number of H-pyrrole nitrogens is 1. The van der Waals surface area contributed by atoms with E-state index in [1.807, 2.05) is 17.0 Å². The van der Waals surface area contributed by atoms with Gasteiger partial charge in [0.2, 0.25) is 5.56 Å². The first-order valence-corrected chi connectivity index (χ1v) is 7.89. The van der Waals surface area contributed by atoms with Crippen LogP contribution in [0.3, 0.4) is 0 Å². The van der Waals surface area contributed by atoms with E-state index in [0.29, 0.717) is 17.7 Å². The SMILES string of the molecule is CNC(=O)c1ccc(CN(C(=O)c2ccc(=O)[nH]c2)C2CC2)cc1. The first kappa shape index (κ1) is 16.0. The largest absolute Gasteiger partial charge is 0.355 e. The second kappa shape index (κ2) is 6.70. The molecule has 0 atom stereocenters. The Morgan fingerprint density at radius 2 is 1.79 bits per heavy atom. The molecule has 1 saturated carbocycles. The number of aromatic nitrogens is 1. The van der Waals surface area contributed by atoms with Gasteiger partial charge in [-0.3, -0.25) is 14.4 Å². The van der Waals surface area contributed by atoms with Crippen molar-refractivity contribution >= 4 is 11.8 Å². The fourth-order valence-electron chi connectivity index (χ4n) is 2.56. The van der Waals surface area contributed by atoms with E-state index in [-0.39, 0.29) is 23.4 Å². The molecule has 6 heteroatoms. The Hall–Kier alpha value is -2.89. The predicted octanol–water partition coefficient (Wildman–Crippen LogP) is 1.54. The monoisotopic (exact) mass is 325 g/mol. The number of aromatic amines is 1. The van der Waals surface area contributed by atoms with E-state index in [2.05, 4.69) is 10.3 Å². The summed E-state index contributed by atoms with van der Waals surface area (Å²) in [6.07, 6.45) is 3.44. The topological polar surface area (TPSA) is 82.3 Å². The lowest BCUT2D eigenvalue weighted by atomic mass is 10.1. The van der Waals surface area contributed by atoms with Crippen molar-refractivity contribution < 1.29 is 9.59 Å². The summed E-state index contributed by atoms with van der Waals surface area (Å²) >= 11 is 0. The fraction of sp³-hybridized carbons (Fsp3) is 0.278. The third-order valence-electron chi connectivity index (χ3n) is 4.08. The maximum absolute atomic E-state index is 12.7. The summed E-state index contributed by atoms with van der Waals surface area (Å²) < 4.78 is 0. The molecule has 1 aromatic heterocycles. The van der Waals surface area contributed by atoms with Gasteiger partial charge in [0, 0.05) is 37.5 Å². The van der Waals surface area contributed by atoms with E-state index in [4.69, 9.17) is 0 Å². The van der Waals surface area contributed by atoms with Crippen molar-refractivity contribution in [2.75, 3.05) is 7.05 Å². The Kier molecular flexibility index (Phi) is 4.46. The number of hydrogen-bond acceptors (Lipinski definition) is 3. The van der Waals surface area contributed by atoms with E-state index in [1.54, 1.807) is 25.2 Å². The Balaban J connectivity index is 1.77.